The molecule has 2 unspecified atom stereocenters. The SMILES string of the molecule is CN(c1cnc(-c2cc(F)c(-c3cn[nH]c3)cc2O)cn1)[C@@H]1CC2CCC(N2)[C@@H]1F. The Labute approximate surface area is 172 Å². The average Bonchev–Trinajstić information content (AvgIpc) is 3.42. The summed E-state index contributed by atoms with van der Waals surface area (Å²) in [6.45, 7) is 0. The van der Waals surface area contributed by atoms with Gasteiger partial charge in [0.1, 0.15) is 23.6 Å². The van der Waals surface area contributed by atoms with E-state index in [1.54, 1.807) is 6.20 Å². The Bertz CT molecular complexity index is 1040. The molecule has 3 N–H and O–H groups in total. The summed E-state index contributed by atoms with van der Waals surface area (Å²) < 4.78 is 29.4. The third-order valence-corrected chi connectivity index (χ3v) is 6.22. The smallest absolute Gasteiger partial charge is 0.147 e. The number of nitrogens with one attached hydrogen (secondary N) is 2. The third kappa shape index (κ3) is 3.19. The maximum atomic E-state index is 14.8. The Balaban J connectivity index is 1.39. The van der Waals surface area contributed by atoms with Crippen LogP contribution in [0.4, 0.5) is 14.6 Å². The van der Waals surface area contributed by atoms with Crippen LogP contribution in [0.25, 0.3) is 22.4 Å². The average molecular weight is 412 g/mol. The van der Waals surface area contributed by atoms with Crippen LogP contribution in [0.5, 0.6) is 5.75 Å². The number of hydrogen-bond acceptors (Lipinski definition) is 6. The molecule has 2 aliphatic rings. The normalized spacial score (nSPS) is 25.4. The zero-order chi connectivity index (χ0) is 20.8. The van der Waals surface area contributed by atoms with Gasteiger partial charge in [0.25, 0.3) is 0 Å². The maximum Gasteiger partial charge on any atom is 0.147 e. The van der Waals surface area contributed by atoms with Crippen molar-refractivity contribution in [3.8, 4) is 28.1 Å². The molecule has 2 bridgehead atoms. The lowest BCUT2D eigenvalue weighted by Gasteiger charge is -2.38. The van der Waals surface area contributed by atoms with Gasteiger partial charge in [-0.2, -0.15) is 5.10 Å². The zero-order valence-electron chi connectivity index (χ0n) is 16.4. The quantitative estimate of drug-likeness (QED) is 0.610. The predicted molar refractivity (Wildman–Crippen MR) is 108 cm³/mol. The van der Waals surface area contributed by atoms with Gasteiger partial charge in [-0.05, 0) is 31.4 Å². The van der Waals surface area contributed by atoms with E-state index in [0.717, 1.165) is 19.3 Å². The fraction of sp³-hybridized carbons (Fsp3) is 0.381. The molecule has 9 heteroatoms. The maximum absolute atomic E-state index is 14.8. The van der Waals surface area contributed by atoms with Crippen LogP contribution < -0.4 is 10.2 Å². The molecule has 2 aliphatic heterocycles. The van der Waals surface area contributed by atoms with Gasteiger partial charge in [-0.25, -0.2) is 13.8 Å². The van der Waals surface area contributed by atoms with Gasteiger partial charge in [-0.1, -0.05) is 0 Å². The molecule has 1 aromatic carbocycles. The molecule has 4 heterocycles. The van der Waals surface area contributed by atoms with E-state index in [2.05, 4.69) is 25.5 Å². The molecule has 0 saturated carbocycles. The molecule has 7 nitrogen and oxygen atoms in total. The number of benzene rings is 1. The van der Waals surface area contributed by atoms with Gasteiger partial charge in [0.05, 0.1) is 30.3 Å². The number of alkyl halides is 1. The summed E-state index contributed by atoms with van der Waals surface area (Å²) in [6, 6.07) is 2.56. The number of halogens is 2. The first-order valence-electron chi connectivity index (χ1n) is 9.98. The Morgan fingerprint density at radius 3 is 2.73 bits per heavy atom. The molecule has 4 atom stereocenters. The number of H-pyrrole nitrogens is 1. The van der Waals surface area contributed by atoms with E-state index in [0.29, 0.717) is 23.1 Å². The number of piperidine rings is 1. The molecule has 30 heavy (non-hydrogen) atoms. The lowest BCUT2D eigenvalue weighted by Crippen LogP contribution is -2.55. The van der Waals surface area contributed by atoms with E-state index >= 15 is 0 Å². The minimum atomic E-state index is -0.969. The van der Waals surface area contributed by atoms with E-state index in [1.807, 2.05) is 11.9 Å². The minimum absolute atomic E-state index is 0.0999. The molecule has 0 radical (unpaired) electrons. The van der Waals surface area contributed by atoms with Crippen molar-refractivity contribution < 1.29 is 13.9 Å². The van der Waals surface area contributed by atoms with Gasteiger partial charge in [0.15, 0.2) is 0 Å². The van der Waals surface area contributed by atoms with Crippen LogP contribution in [0.15, 0.2) is 36.9 Å². The topological polar surface area (TPSA) is 90.0 Å². The molecule has 3 aromatic rings. The van der Waals surface area contributed by atoms with Crippen LogP contribution in [0.2, 0.25) is 0 Å². The number of aromatic hydroxyl groups is 1. The van der Waals surface area contributed by atoms with Gasteiger partial charge in [-0.15, -0.1) is 0 Å². The molecule has 2 aromatic heterocycles. The lowest BCUT2D eigenvalue weighted by atomic mass is 9.96. The highest BCUT2D eigenvalue weighted by Gasteiger charge is 2.43. The molecule has 0 aliphatic carbocycles. The highest BCUT2D eigenvalue weighted by atomic mass is 19.1. The Kier molecular flexibility index (Phi) is 4.62. The second kappa shape index (κ2) is 7.32. The van der Waals surface area contributed by atoms with Crippen molar-refractivity contribution in [1.82, 2.24) is 25.5 Å². The number of phenolic OH excluding ortho intramolecular Hbond substituents is 1. The number of anilines is 1. The predicted octanol–water partition coefficient (Wildman–Crippen LogP) is 3.05. The standard InChI is InChI=1S/C21H22F2N6O/c1-29(18-4-12-2-3-16(28-12)21(18)23)20-10-24-17(9-25-20)14-5-15(22)13(6-19(14)30)11-7-26-27-8-11/h5-10,12,16,18,21,28,30H,2-4H2,1H3,(H,26,27)/t12?,16?,18-,21+/m1/s1. The van der Waals surface area contributed by atoms with Crippen LogP contribution >= 0.6 is 0 Å². The Morgan fingerprint density at radius 2 is 2.00 bits per heavy atom. The number of hydrogen-bond donors (Lipinski definition) is 3. The first-order valence-corrected chi connectivity index (χ1v) is 9.98. The van der Waals surface area contributed by atoms with Gasteiger partial charge in [-0.3, -0.25) is 10.1 Å². The summed E-state index contributed by atoms with van der Waals surface area (Å²) in [5.74, 6) is -0.0675. The molecule has 2 fully saturated rings. The summed E-state index contributed by atoms with van der Waals surface area (Å²) in [5, 5.41) is 20.2. The first-order chi connectivity index (χ1) is 14.5. The van der Waals surface area contributed by atoms with Crippen LogP contribution in [0.1, 0.15) is 19.3 Å². The highest BCUT2D eigenvalue weighted by Crippen LogP contribution is 2.36. The molecular weight excluding hydrogens is 390 g/mol. The fourth-order valence-electron chi connectivity index (χ4n) is 4.55. The van der Waals surface area contributed by atoms with Crippen LogP contribution in [0.3, 0.4) is 0 Å². The Hall–Kier alpha value is -3.07. The van der Waals surface area contributed by atoms with Crippen molar-refractivity contribution in [3.63, 3.8) is 0 Å². The zero-order valence-corrected chi connectivity index (χ0v) is 16.4. The minimum Gasteiger partial charge on any atom is -0.507 e. The first kappa shape index (κ1) is 18.9. The molecule has 0 amide bonds. The monoisotopic (exact) mass is 412 g/mol. The van der Waals surface area contributed by atoms with E-state index < -0.39 is 12.0 Å². The van der Waals surface area contributed by atoms with Crippen LogP contribution in [-0.2, 0) is 0 Å². The number of fused-ring (bicyclic) bond motifs is 2. The van der Waals surface area contributed by atoms with Crippen LogP contribution in [-0.4, -0.2) is 56.6 Å². The van der Waals surface area contributed by atoms with Gasteiger partial charge in [0.2, 0.25) is 0 Å². The van der Waals surface area contributed by atoms with Gasteiger partial charge >= 0.3 is 0 Å². The van der Waals surface area contributed by atoms with E-state index in [-0.39, 0.29) is 29.0 Å². The van der Waals surface area contributed by atoms with E-state index in [9.17, 15) is 13.9 Å². The summed E-state index contributed by atoms with van der Waals surface area (Å²) in [7, 11) is 1.82. The lowest BCUT2D eigenvalue weighted by molar-refractivity contribution is 0.176. The summed E-state index contributed by atoms with van der Waals surface area (Å²) in [4.78, 5) is 10.6. The third-order valence-electron chi connectivity index (χ3n) is 6.22. The second-order valence-electron chi connectivity index (χ2n) is 8.00. The number of phenols is 1. The van der Waals surface area contributed by atoms with Crippen LogP contribution in [0, 0.1) is 5.82 Å². The summed E-state index contributed by atoms with van der Waals surface area (Å²) >= 11 is 0. The molecule has 2 saturated heterocycles. The largest absolute Gasteiger partial charge is 0.507 e. The molecular formula is C21H22F2N6O. The number of aromatic nitrogens is 4. The Morgan fingerprint density at radius 1 is 1.13 bits per heavy atom. The van der Waals surface area contributed by atoms with Crippen molar-refractivity contribution in [2.24, 2.45) is 0 Å². The van der Waals surface area contributed by atoms with E-state index in [1.165, 1.54) is 30.7 Å². The van der Waals surface area contributed by atoms with E-state index in [4.69, 9.17) is 0 Å². The van der Waals surface area contributed by atoms with Crippen molar-refractivity contribution in [2.45, 2.75) is 43.6 Å². The summed E-state index contributed by atoms with van der Waals surface area (Å²) in [6.07, 6.45) is 7.65. The van der Waals surface area contributed by atoms with Gasteiger partial charge in [0, 0.05) is 42.0 Å². The summed E-state index contributed by atoms with van der Waals surface area (Å²) in [5.41, 5.74) is 1.35. The molecule has 5 rings (SSSR count). The number of rotatable bonds is 4. The number of nitrogens with zero attached hydrogens (tertiary/aromatic N) is 4. The van der Waals surface area contributed by atoms with Crippen molar-refractivity contribution in [1.29, 1.82) is 0 Å². The van der Waals surface area contributed by atoms with Crippen molar-refractivity contribution >= 4 is 5.82 Å². The molecule has 0 spiro atoms. The highest BCUT2D eigenvalue weighted by molar-refractivity contribution is 5.74. The van der Waals surface area contributed by atoms with Gasteiger partial charge < -0.3 is 15.3 Å². The second-order valence-corrected chi connectivity index (χ2v) is 8.00. The molecule has 156 valence electrons. The fourth-order valence-corrected chi connectivity index (χ4v) is 4.55. The van der Waals surface area contributed by atoms with Crippen molar-refractivity contribution in [3.05, 3.63) is 42.7 Å². The number of aromatic amines is 1. The van der Waals surface area contributed by atoms with Crippen molar-refractivity contribution in [2.75, 3.05) is 11.9 Å².